The SMILES string of the molecule is CC1=C(CN2CC3CN(C(=O)c4cccc(O)c4)CC3(CO)C2)C(C)(C)CCC1. The van der Waals surface area contributed by atoms with Gasteiger partial charge in [0.15, 0.2) is 0 Å². The van der Waals surface area contributed by atoms with E-state index in [9.17, 15) is 15.0 Å². The molecule has 1 aromatic rings. The van der Waals surface area contributed by atoms with Gasteiger partial charge in [0.2, 0.25) is 0 Å². The van der Waals surface area contributed by atoms with Crippen LogP contribution in [0.2, 0.25) is 0 Å². The van der Waals surface area contributed by atoms with Crippen LogP contribution in [0.4, 0.5) is 0 Å². The summed E-state index contributed by atoms with van der Waals surface area (Å²) in [5, 5.41) is 20.0. The van der Waals surface area contributed by atoms with E-state index in [1.807, 2.05) is 4.90 Å². The number of aromatic hydroxyl groups is 1. The number of aliphatic hydroxyl groups excluding tert-OH is 1. The summed E-state index contributed by atoms with van der Waals surface area (Å²) in [5.41, 5.74) is 3.64. The molecule has 2 N–H and O–H groups in total. The summed E-state index contributed by atoms with van der Waals surface area (Å²) in [6.07, 6.45) is 3.72. The van der Waals surface area contributed by atoms with Crippen molar-refractivity contribution in [2.75, 3.05) is 39.3 Å². The maximum Gasteiger partial charge on any atom is 0.254 e. The molecule has 2 fully saturated rings. The highest BCUT2D eigenvalue weighted by Crippen LogP contribution is 2.45. The van der Waals surface area contributed by atoms with Gasteiger partial charge in [-0.2, -0.15) is 0 Å². The van der Waals surface area contributed by atoms with E-state index in [-0.39, 0.29) is 29.1 Å². The first-order valence-corrected chi connectivity index (χ1v) is 10.8. The number of benzene rings is 1. The quantitative estimate of drug-likeness (QED) is 0.764. The van der Waals surface area contributed by atoms with Gasteiger partial charge in [0.1, 0.15) is 5.75 Å². The molecule has 5 heteroatoms. The molecule has 158 valence electrons. The molecule has 0 aromatic heterocycles. The summed E-state index contributed by atoms with van der Waals surface area (Å²) in [6, 6.07) is 6.54. The number of carbonyl (C=O) groups is 1. The van der Waals surface area contributed by atoms with Crippen molar-refractivity contribution < 1.29 is 15.0 Å². The van der Waals surface area contributed by atoms with E-state index in [0.29, 0.717) is 24.6 Å². The van der Waals surface area contributed by atoms with Crippen molar-refractivity contribution in [3.8, 4) is 5.75 Å². The number of fused-ring (bicyclic) bond motifs is 1. The molecule has 5 nitrogen and oxygen atoms in total. The van der Waals surface area contributed by atoms with Gasteiger partial charge in [-0.3, -0.25) is 9.69 Å². The van der Waals surface area contributed by atoms with E-state index >= 15 is 0 Å². The van der Waals surface area contributed by atoms with E-state index < -0.39 is 0 Å². The Bertz CT molecular complexity index is 831. The summed E-state index contributed by atoms with van der Waals surface area (Å²) in [7, 11) is 0. The predicted octanol–water partition coefficient (Wildman–Crippen LogP) is 3.29. The number of amides is 1. The van der Waals surface area contributed by atoms with Crippen molar-refractivity contribution in [2.24, 2.45) is 16.7 Å². The molecule has 4 rings (SSSR count). The molecule has 0 saturated carbocycles. The van der Waals surface area contributed by atoms with Gasteiger partial charge < -0.3 is 15.1 Å². The van der Waals surface area contributed by atoms with Gasteiger partial charge in [-0.15, -0.1) is 0 Å². The first-order chi connectivity index (χ1) is 13.7. The van der Waals surface area contributed by atoms with Crippen LogP contribution in [0.1, 0.15) is 50.4 Å². The standard InChI is InChI=1S/C24H34N2O3/c1-17-6-5-9-23(2,3)21(17)13-25-11-19-12-26(15-24(19,14-25)16-27)22(29)18-7-4-8-20(28)10-18/h4,7-8,10,19,27-28H,5-6,9,11-16H2,1-3H3. The number of phenols is 1. The second kappa shape index (κ2) is 7.44. The van der Waals surface area contributed by atoms with Gasteiger partial charge in [0.25, 0.3) is 5.91 Å². The van der Waals surface area contributed by atoms with E-state index in [2.05, 4.69) is 25.7 Å². The minimum absolute atomic E-state index is 0.0540. The van der Waals surface area contributed by atoms with Crippen molar-refractivity contribution in [1.29, 1.82) is 0 Å². The lowest BCUT2D eigenvalue weighted by Gasteiger charge is -2.37. The number of hydrogen-bond donors (Lipinski definition) is 2. The molecule has 1 aliphatic carbocycles. The van der Waals surface area contributed by atoms with Crippen LogP contribution >= 0.6 is 0 Å². The largest absolute Gasteiger partial charge is 0.508 e. The number of rotatable bonds is 4. The Labute approximate surface area is 174 Å². The van der Waals surface area contributed by atoms with E-state index in [1.54, 1.807) is 23.8 Å². The maximum atomic E-state index is 12.9. The van der Waals surface area contributed by atoms with Gasteiger partial charge in [-0.25, -0.2) is 0 Å². The number of carbonyl (C=O) groups excluding carboxylic acids is 1. The summed E-state index contributed by atoms with van der Waals surface area (Å²) >= 11 is 0. The molecule has 2 aliphatic heterocycles. The third-order valence-electron chi connectivity index (χ3n) is 7.59. The second-order valence-corrected chi connectivity index (χ2v) is 10.1. The molecule has 2 heterocycles. The topological polar surface area (TPSA) is 64.0 Å². The lowest BCUT2D eigenvalue weighted by molar-refractivity contribution is 0.0721. The first kappa shape index (κ1) is 20.4. The number of phenolic OH excluding ortho intramolecular Hbond substituents is 1. The summed E-state index contributed by atoms with van der Waals surface area (Å²) in [6.45, 7) is 11.1. The fourth-order valence-electron chi connectivity index (χ4n) is 5.86. The molecule has 0 radical (unpaired) electrons. The van der Waals surface area contributed by atoms with Crippen LogP contribution in [0.5, 0.6) is 5.75 Å². The van der Waals surface area contributed by atoms with Crippen LogP contribution in [-0.2, 0) is 0 Å². The molecule has 2 unspecified atom stereocenters. The minimum Gasteiger partial charge on any atom is -0.508 e. The summed E-state index contributed by atoms with van der Waals surface area (Å²) in [4.78, 5) is 17.3. The predicted molar refractivity (Wildman–Crippen MR) is 114 cm³/mol. The van der Waals surface area contributed by atoms with Gasteiger partial charge in [-0.1, -0.05) is 31.1 Å². The molecular weight excluding hydrogens is 364 g/mol. The lowest BCUT2D eigenvalue weighted by atomic mass is 9.72. The number of hydrogen-bond acceptors (Lipinski definition) is 4. The molecule has 1 aromatic carbocycles. The van der Waals surface area contributed by atoms with Gasteiger partial charge in [0.05, 0.1) is 6.61 Å². The van der Waals surface area contributed by atoms with Crippen LogP contribution < -0.4 is 0 Å². The van der Waals surface area contributed by atoms with Crippen molar-refractivity contribution in [1.82, 2.24) is 9.80 Å². The normalized spacial score (nSPS) is 29.4. The van der Waals surface area contributed by atoms with Crippen molar-refractivity contribution in [3.63, 3.8) is 0 Å². The molecule has 3 aliphatic rings. The third-order valence-corrected chi connectivity index (χ3v) is 7.59. The number of nitrogens with zero attached hydrogens (tertiary/aromatic N) is 2. The third kappa shape index (κ3) is 3.71. The Balaban J connectivity index is 1.47. The highest BCUT2D eigenvalue weighted by atomic mass is 16.3. The molecule has 2 atom stereocenters. The Hall–Kier alpha value is -1.85. The Kier molecular flexibility index (Phi) is 5.24. The van der Waals surface area contributed by atoms with Gasteiger partial charge in [-0.05, 0) is 55.7 Å². The van der Waals surface area contributed by atoms with Crippen LogP contribution in [0.25, 0.3) is 0 Å². The van der Waals surface area contributed by atoms with Crippen molar-refractivity contribution in [3.05, 3.63) is 41.0 Å². The highest BCUT2D eigenvalue weighted by molar-refractivity contribution is 5.94. The Morgan fingerprint density at radius 3 is 2.69 bits per heavy atom. The van der Waals surface area contributed by atoms with Gasteiger partial charge in [0, 0.05) is 43.7 Å². The van der Waals surface area contributed by atoms with E-state index in [0.717, 1.165) is 19.6 Å². The second-order valence-electron chi connectivity index (χ2n) is 10.1. The molecule has 29 heavy (non-hydrogen) atoms. The average Bonchev–Trinajstić information content (AvgIpc) is 3.18. The Morgan fingerprint density at radius 2 is 2.03 bits per heavy atom. The summed E-state index contributed by atoms with van der Waals surface area (Å²) < 4.78 is 0. The van der Waals surface area contributed by atoms with Crippen molar-refractivity contribution in [2.45, 2.75) is 40.0 Å². The minimum atomic E-state index is -0.236. The number of aliphatic hydroxyl groups is 1. The molecule has 0 bridgehead atoms. The first-order valence-electron chi connectivity index (χ1n) is 10.8. The van der Waals surface area contributed by atoms with Crippen molar-refractivity contribution >= 4 is 5.91 Å². The van der Waals surface area contributed by atoms with E-state index in [4.69, 9.17) is 0 Å². The smallest absolute Gasteiger partial charge is 0.254 e. The number of likely N-dealkylation sites (tertiary alicyclic amines) is 2. The van der Waals surface area contributed by atoms with Crippen LogP contribution in [0.15, 0.2) is 35.4 Å². The Morgan fingerprint density at radius 1 is 1.24 bits per heavy atom. The molecule has 0 spiro atoms. The van der Waals surface area contributed by atoms with Crippen LogP contribution in [-0.4, -0.2) is 65.3 Å². The number of allylic oxidation sites excluding steroid dienone is 1. The zero-order chi connectivity index (χ0) is 20.8. The highest BCUT2D eigenvalue weighted by Gasteiger charge is 2.53. The van der Waals surface area contributed by atoms with Crippen LogP contribution in [0, 0.1) is 16.7 Å². The summed E-state index contributed by atoms with van der Waals surface area (Å²) in [5.74, 6) is 0.347. The molecule has 2 saturated heterocycles. The monoisotopic (exact) mass is 398 g/mol. The van der Waals surface area contributed by atoms with Crippen LogP contribution in [0.3, 0.4) is 0 Å². The fourth-order valence-corrected chi connectivity index (χ4v) is 5.86. The van der Waals surface area contributed by atoms with Gasteiger partial charge >= 0.3 is 0 Å². The zero-order valence-electron chi connectivity index (χ0n) is 17.9. The zero-order valence-corrected chi connectivity index (χ0v) is 17.9. The molecular formula is C24H34N2O3. The lowest BCUT2D eigenvalue weighted by Crippen LogP contribution is -2.40. The molecule has 1 amide bonds. The average molecular weight is 399 g/mol. The maximum absolute atomic E-state index is 12.9. The van der Waals surface area contributed by atoms with E-state index in [1.165, 1.54) is 30.9 Å². The fraction of sp³-hybridized carbons (Fsp3) is 0.625.